The van der Waals surface area contributed by atoms with Crippen molar-refractivity contribution in [1.29, 1.82) is 0 Å². The lowest BCUT2D eigenvalue weighted by Crippen LogP contribution is -1.91. The maximum absolute atomic E-state index is 2.44. The molecule has 2 aromatic rings. The third-order valence-electron chi connectivity index (χ3n) is 4.41. The molecule has 0 fully saturated rings. The summed E-state index contributed by atoms with van der Waals surface area (Å²) >= 11 is 0. The third kappa shape index (κ3) is 3.22. The van der Waals surface area contributed by atoms with Gasteiger partial charge in [-0.25, -0.2) is 0 Å². The van der Waals surface area contributed by atoms with Gasteiger partial charge in [-0.3, -0.25) is 0 Å². The van der Waals surface area contributed by atoms with Crippen molar-refractivity contribution < 1.29 is 0 Å². The summed E-state index contributed by atoms with van der Waals surface area (Å²) in [6.07, 6.45) is 8.61. The van der Waals surface area contributed by atoms with Gasteiger partial charge in [-0.05, 0) is 47.1 Å². The highest BCUT2D eigenvalue weighted by Gasteiger charge is 2.19. The molecule has 0 N–H and O–H groups in total. The van der Waals surface area contributed by atoms with Crippen molar-refractivity contribution in [3.8, 4) is 0 Å². The zero-order valence-corrected chi connectivity index (χ0v) is 13.4. The molecule has 0 heterocycles. The summed E-state index contributed by atoms with van der Waals surface area (Å²) < 4.78 is 0. The molecule has 0 saturated heterocycles. The fourth-order valence-electron chi connectivity index (χ4n) is 3.28. The van der Waals surface area contributed by atoms with Crippen molar-refractivity contribution in [2.24, 2.45) is 0 Å². The highest BCUT2D eigenvalue weighted by molar-refractivity contribution is 6.01. The van der Waals surface area contributed by atoms with Gasteiger partial charge >= 0.3 is 0 Å². The fourth-order valence-corrected chi connectivity index (χ4v) is 3.28. The summed E-state index contributed by atoms with van der Waals surface area (Å²) in [7, 11) is 0. The molecule has 0 amide bonds. The van der Waals surface area contributed by atoms with Gasteiger partial charge in [-0.1, -0.05) is 86.5 Å². The van der Waals surface area contributed by atoms with Gasteiger partial charge < -0.3 is 0 Å². The van der Waals surface area contributed by atoms with E-state index < -0.39 is 0 Å². The Morgan fingerprint density at radius 3 is 2.05 bits per heavy atom. The van der Waals surface area contributed by atoms with E-state index in [1.165, 1.54) is 48.0 Å². The highest BCUT2D eigenvalue weighted by Crippen LogP contribution is 2.41. The normalized spacial score (nSPS) is 14.3. The Labute approximate surface area is 134 Å². The van der Waals surface area contributed by atoms with Gasteiger partial charge in [-0.2, -0.15) is 0 Å². The first-order chi connectivity index (χ1) is 10.9. The molecular weight excluding hydrogens is 264 g/mol. The minimum absolute atomic E-state index is 1.07. The minimum Gasteiger partial charge on any atom is -0.0762 e. The molecule has 0 aromatic heterocycles. The second-order valence-corrected chi connectivity index (χ2v) is 5.98. The molecule has 2 aromatic carbocycles. The van der Waals surface area contributed by atoms with Crippen LogP contribution in [0, 0.1) is 0 Å². The molecule has 0 bridgehead atoms. The van der Waals surface area contributed by atoms with Crippen LogP contribution in [0.15, 0.2) is 72.3 Å². The van der Waals surface area contributed by atoms with Gasteiger partial charge in [-0.15, -0.1) is 0 Å². The Hall–Kier alpha value is -2.08. The van der Waals surface area contributed by atoms with E-state index in [9.17, 15) is 0 Å². The molecule has 112 valence electrons. The Kier molecular flexibility index (Phi) is 4.90. The van der Waals surface area contributed by atoms with E-state index in [2.05, 4.69) is 73.7 Å². The van der Waals surface area contributed by atoms with E-state index >= 15 is 0 Å². The van der Waals surface area contributed by atoms with Crippen LogP contribution in [0.5, 0.6) is 0 Å². The molecule has 3 rings (SSSR count). The first-order valence-corrected chi connectivity index (χ1v) is 8.43. The first kappa shape index (κ1) is 14.8. The molecule has 0 radical (unpaired) electrons. The number of hydrogen-bond donors (Lipinski definition) is 0. The summed E-state index contributed by atoms with van der Waals surface area (Å²) in [5.41, 5.74) is 7.23. The van der Waals surface area contributed by atoms with Crippen LogP contribution in [0.4, 0.5) is 0 Å². The van der Waals surface area contributed by atoms with Crippen molar-refractivity contribution in [3.63, 3.8) is 0 Å². The number of hydrogen-bond acceptors (Lipinski definition) is 0. The zero-order valence-electron chi connectivity index (χ0n) is 13.4. The van der Waals surface area contributed by atoms with Crippen LogP contribution < -0.4 is 0 Å². The quantitative estimate of drug-likeness (QED) is 0.532. The average molecular weight is 288 g/mol. The second kappa shape index (κ2) is 7.26. The lowest BCUT2D eigenvalue weighted by Gasteiger charge is -2.13. The summed E-state index contributed by atoms with van der Waals surface area (Å²) in [6, 6.07) is 21.7. The van der Waals surface area contributed by atoms with Crippen molar-refractivity contribution in [1.82, 2.24) is 0 Å². The van der Waals surface area contributed by atoms with Gasteiger partial charge in [0.15, 0.2) is 0 Å². The average Bonchev–Trinajstić information content (AvgIpc) is 3.01. The molecule has 0 spiro atoms. The van der Waals surface area contributed by atoms with E-state index in [0.717, 1.165) is 6.42 Å². The number of rotatable bonds is 6. The second-order valence-electron chi connectivity index (χ2n) is 5.98. The molecule has 1 aliphatic carbocycles. The SMILES string of the molecule is CCCCCC1=CCC(c2ccccc2)=C1c1ccccc1. The predicted molar refractivity (Wildman–Crippen MR) is 96.5 cm³/mol. The monoisotopic (exact) mass is 288 g/mol. The smallest absolute Gasteiger partial charge is 0.00792 e. The van der Waals surface area contributed by atoms with Crippen LogP contribution >= 0.6 is 0 Å². The van der Waals surface area contributed by atoms with Crippen molar-refractivity contribution >= 4 is 11.1 Å². The first-order valence-electron chi connectivity index (χ1n) is 8.43. The van der Waals surface area contributed by atoms with Crippen molar-refractivity contribution in [2.45, 2.75) is 39.0 Å². The Balaban J connectivity index is 1.98. The summed E-state index contributed by atoms with van der Waals surface area (Å²) in [6.45, 7) is 2.27. The molecule has 0 nitrogen and oxygen atoms in total. The van der Waals surface area contributed by atoms with E-state index in [1.807, 2.05) is 0 Å². The van der Waals surface area contributed by atoms with Crippen molar-refractivity contribution in [2.75, 3.05) is 0 Å². The highest BCUT2D eigenvalue weighted by atomic mass is 14.2. The molecule has 22 heavy (non-hydrogen) atoms. The van der Waals surface area contributed by atoms with Gasteiger partial charge in [0.25, 0.3) is 0 Å². The van der Waals surface area contributed by atoms with E-state index in [-0.39, 0.29) is 0 Å². The molecule has 1 aliphatic rings. The Morgan fingerprint density at radius 2 is 1.41 bits per heavy atom. The topological polar surface area (TPSA) is 0 Å². The Morgan fingerprint density at radius 1 is 0.773 bits per heavy atom. The maximum Gasteiger partial charge on any atom is -0.00792 e. The summed E-state index contributed by atoms with van der Waals surface area (Å²) in [5, 5.41) is 0. The van der Waals surface area contributed by atoms with Crippen LogP contribution in [0.2, 0.25) is 0 Å². The number of allylic oxidation sites excluding steroid dienone is 4. The maximum atomic E-state index is 2.44. The van der Waals surface area contributed by atoms with Gasteiger partial charge in [0.1, 0.15) is 0 Å². The van der Waals surface area contributed by atoms with E-state index in [1.54, 1.807) is 5.57 Å². The molecule has 0 atom stereocenters. The largest absolute Gasteiger partial charge is 0.0762 e. The standard InChI is InChI=1S/C22H24/c1-2-3-6-13-20-16-17-21(18-11-7-4-8-12-18)22(20)19-14-9-5-10-15-19/h4-5,7-12,14-16H,2-3,6,13,17H2,1H3. The van der Waals surface area contributed by atoms with Crippen LogP contribution in [0.1, 0.15) is 50.2 Å². The molecule has 0 unspecified atom stereocenters. The summed E-state index contributed by atoms with van der Waals surface area (Å²) in [5.74, 6) is 0. The summed E-state index contributed by atoms with van der Waals surface area (Å²) in [4.78, 5) is 0. The third-order valence-corrected chi connectivity index (χ3v) is 4.41. The number of unbranched alkanes of at least 4 members (excludes halogenated alkanes) is 2. The molecule has 0 aliphatic heterocycles. The van der Waals surface area contributed by atoms with Crippen LogP contribution in [-0.2, 0) is 0 Å². The van der Waals surface area contributed by atoms with Crippen LogP contribution in [0.3, 0.4) is 0 Å². The minimum atomic E-state index is 1.07. The number of benzene rings is 2. The van der Waals surface area contributed by atoms with Gasteiger partial charge in [0, 0.05) is 0 Å². The predicted octanol–water partition coefficient (Wildman–Crippen LogP) is 6.51. The molecular formula is C22H24. The lowest BCUT2D eigenvalue weighted by molar-refractivity contribution is 0.721. The van der Waals surface area contributed by atoms with E-state index in [4.69, 9.17) is 0 Å². The van der Waals surface area contributed by atoms with Crippen molar-refractivity contribution in [3.05, 3.63) is 83.4 Å². The Bertz CT molecular complexity index is 660. The molecule has 0 saturated carbocycles. The van der Waals surface area contributed by atoms with E-state index in [0.29, 0.717) is 0 Å². The lowest BCUT2D eigenvalue weighted by atomic mass is 9.91. The van der Waals surface area contributed by atoms with Gasteiger partial charge in [0.2, 0.25) is 0 Å². The fraction of sp³-hybridized carbons (Fsp3) is 0.273. The molecule has 0 heteroatoms. The zero-order chi connectivity index (χ0) is 15.2. The van der Waals surface area contributed by atoms with Crippen LogP contribution in [0.25, 0.3) is 11.1 Å². The van der Waals surface area contributed by atoms with Crippen LogP contribution in [-0.4, -0.2) is 0 Å². The van der Waals surface area contributed by atoms with Gasteiger partial charge in [0.05, 0.1) is 0 Å².